The molecule has 2 aliphatic rings. The second-order valence-electron chi connectivity index (χ2n) is 7.13. The van der Waals surface area contributed by atoms with E-state index < -0.39 is 11.5 Å². The molecule has 0 spiro atoms. The fraction of sp³-hybridized carbons (Fsp3) is 0.941. The SMILES string of the molecule is CCC1(CC)CCN(C2CCCC(NC)(C(=O)O)C2)CC1. The lowest BCUT2D eigenvalue weighted by molar-refractivity contribution is -0.147. The Morgan fingerprint density at radius 3 is 2.33 bits per heavy atom. The Hall–Kier alpha value is -0.610. The van der Waals surface area contributed by atoms with Gasteiger partial charge in [-0.1, -0.05) is 26.7 Å². The van der Waals surface area contributed by atoms with E-state index >= 15 is 0 Å². The number of hydrogen-bond donors (Lipinski definition) is 2. The molecule has 0 amide bonds. The zero-order valence-electron chi connectivity index (χ0n) is 14.0. The molecule has 2 atom stereocenters. The first kappa shape index (κ1) is 16.8. The Labute approximate surface area is 129 Å². The summed E-state index contributed by atoms with van der Waals surface area (Å²) < 4.78 is 0. The van der Waals surface area contributed by atoms with Gasteiger partial charge in [0, 0.05) is 6.04 Å². The molecule has 1 saturated carbocycles. The third-order valence-corrected chi connectivity index (χ3v) is 6.49. The number of carboxylic acids is 1. The van der Waals surface area contributed by atoms with Crippen LogP contribution in [0.5, 0.6) is 0 Å². The summed E-state index contributed by atoms with van der Waals surface area (Å²) >= 11 is 0. The Morgan fingerprint density at radius 2 is 1.86 bits per heavy atom. The van der Waals surface area contributed by atoms with Crippen molar-refractivity contribution in [2.24, 2.45) is 5.41 Å². The number of aliphatic carboxylic acids is 1. The highest BCUT2D eigenvalue weighted by Gasteiger charge is 2.44. The largest absolute Gasteiger partial charge is 0.480 e. The zero-order valence-corrected chi connectivity index (χ0v) is 14.0. The summed E-state index contributed by atoms with van der Waals surface area (Å²) in [6.07, 6.45) is 8.78. The van der Waals surface area contributed by atoms with E-state index in [1.54, 1.807) is 7.05 Å². The van der Waals surface area contributed by atoms with Crippen LogP contribution in [0.15, 0.2) is 0 Å². The summed E-state index contributed by atoms with van der Waals surface area (Å²) in [6, 6.07) is 0.439. The molecule has 0 aromatic carbocycles. The molecule has 2 unspecified atom stereocenters. The molecule has 0 radical (unpaired) electrons. The molecule has 1 heterocycles. The average molecular weight is 296 g/mol. The summed E-state index contributed by atoms with van der Waals surface area (Å²) in [5.74, 6) is -0.678. The number of nitrogens with zero attached hydrogens (tertiary/aromatic N) is 1. The van der Waals surface area contributed by atoms with E-state index in [1.807, 2.05) is 0 Å². The molecule has 4 nitrogen and oxygen atoms in total. The zero-order chi connectivity index (χ0) is 15.5. The Bertz CT molecular complexity index is 358. The summed E-state index contributed by atoms with van der Waals surface area (Å²) in [4.78, 5) is 14.2. The van der Waals surface area contributed by atoms with E-state index in [1.165, 1.54) is 25.7 Å². The molecule has 2 N–H and O–H groups in total. The predicted octanol–water partition coefficient (Wildman–Crippen LogP) is 2.87. The standard InChI is InChI=1S/C17H32N2O2/c1-4-16(5-2)9-11-19(12-10-16)14-7-6-8-17(13-14,18-3)15(20)21/h14,18H,4-13H2,1-3H3,(H,20,21). The van der Waals surface area contributed by atoms with Crippen LogP contribution in [-0.2, 0) is 4.79 Å². The lowest BCUT2D eigenvalue weighted by atomic mass is 9.72. The van der Waals surface area contributed by atoms with Crippen molar-refractivity contribution in [1.29, 1.82) is 0 Å². The summed E-state index contributed by atoms with van der Waals surface area (Å²) in [6.45, 7) is 6.92. The molecule has 1 aliphatic carbocycles. The van der Waals surface area contributed by atoms with E-state index in [0.717, 1.165) is 38.8 Å². The topological polar surface area (TPSA) is 52.6 Å². The number of carboxylic acid groups (broad SMARTS) is 1. The molecule has 0 aromatic heterocycles. The van der Waals surface area contributed by atoms with Crippen LogP contribution in [0.3, 0.4) is 0 Å². The quantitative estimate of drug-likeness (QED) is 0.819. The summed E-state index contributed by atoms with van der Waals surface area (Å²) in [7, 11) is 1.80. The molecule has 2 rings (SSSR count). The van der Waals surface area contributed by atoms with Crippen LogP contribution in [0.2, 0.25) is 0 Å². The Kier molecular flexibility index (Phi) is 5.31. The fourth-order valence-electron chi connectivity index (χ4n) is 4.41. The Balaban J connectivity index is 1.99. The van der Waals surface area contributed by atoms with Crippen molar-refractivity contribution in [3.63, 3.8) is 0 Å². The monoisotopic (exact) mass is 296 g/mol. The van der Waals surface area contributed by atoms with E-state index in [9.17, 15) is 9.90 Å². The molecule has 122 valence electrons. The number of likely N-dealkylation sites (tertiary alicyclic amines) is 1. The number of rotatable bonds is 5. The van der Waals surface area contributed by atoms with Crippen molar-refractivity contribution in [3.05, 3.63) is 0 Å². The summed E-state index contributed by atoms with van der Waals surface area (Å²) in [5, 5.41) is 12.7. The number of hydrogen-bond acceptors (Lipinski definition) is 3. The van der Waals surface area contributed by atoms with E-state index in [4.69, 9.17) is 0 Å². The first-order valence-electron chi connectivity index (χ1n) is 8.67. The van der Waals surface area contributed by atoms with Crippen LogP contribution in [0, 0.1) is 5.41 Å². The molecule has 21 heavy (non-hydrogen) atoms. The first-order valence-corrected chi connectivity index (χ1v) is 8.67. The van der Waals surface area contributed by atoms with Crippen LogP contribution in [-0.4, -0.2) is 47.7 Å². The maximum absolute atomic E-state index is 11.7. The molecule has 4 heteroatoms. The normalized spacial score (nSPS) is 33.8. The lowest BCUT2D eigenvalue weighted by Gasteiger charge is -2.47. The van der Waals surface area contributed by atoms with Crippen LogP contribution in [0.25, 0.3) is 0 Å². The van der Waals surface area contributed by atoms with Gasteiger partial charge in [-0.05, 0) is 64.1 Å². The molecule has 1 saturated heterocycles. The van der Waals surface area contributed by atoms with Crippen molar-refractivity contribution in [1.82, 2.24) is 10.2 Å². The predicted molar refractivity (Wildman–Crippen MR) is 85.5 cm³/mol. The fourth-order valence-corrected chi connectivity index (χ4v) is 4.41. The van der Waals surface area contributed by atoms with Crippen LogP contribution in [0.1, 0.15) is 65.2 Å². The number of carbonyl (C=O) groups is 1. The van der Waals surface area contributed by atoms with Crippen molar-refractivity contribution in [3.8, 4) is 0 Å². The smallest absolute Gasteiger partial charge is 0.323 e. The van der Waals surface area contributed by atoms with Gasteiger partial charge in [-0.2, -0.15) is 0 Å². The molecule has 1 aliphatic heterocycles. The van der Waals surface area contributed by atoms with Gasteiger partial charge in [0.1, 0.15) is 5.54 Å². The van der Waals surface area contributed by atoms with Gasteiger partial charge < -0.3 is 15.3 Å². The molecule has 2 fully saturated rings. The first-order chi connectivity index (χ1) is 10.0. The van der Waals surface area contributed by atoms with Gasteiger partial charge in [0.2, 0.25) is 0 Å². The molecular formula is C17H32N2O2. The van der Waals surface area contributed by atoms with Gasteiger partial charge in [0.05, 0.1) is 0 Å². The van der Waals surface area contributed by atoms with Crippen LogP contribution in [0.4, 0.5) is 0 Å². The molecule has 0 bridgehead atoms. The number of nitrogens with one attached hydrogen (secondary N) is 1. The highest BCUT2D eigenvalue weighted by molar-refractivity contribution is 5.79. The highest BCUT2D eigenvalue weighted by Crippen LogP contribution is 2.40. The van der Waals surface area contributed by atoms with Gasteiger partial charge in [-0.25, -0.2) is 0 Å². The molecular weight excluding hydrogens is 264 g/mol. The van der Waals surface area contributed by atoms with Crippen molar-refractivity contribution in [2.75, 3.05) is 20.1 Å². The Morgan fingerprint density at radius 1 is 1.24 bits per heavy atom. The van der Waals surface area contributed by atoms with Gasteiger partial charge in [-0.3, -0.25) is 4.79 Å². The molecule has 0 aromatic rings. The van der Waals surface area contributed by atoms with Crippen LogP contribution >= 0.6 is 0 Å². The second kappa shape index (κ2) is 6.66. The second-order valence-corrected chi connectivity index (χ2v) is 7.13. The minimum absolute atomic E-state index is 0.439. The van der Waals surface area contributed by atoms with Gasteiger partial charge >= 0.3 is 5.97 Å². The van der Waals surface area contributed by atoms with Crippen molar-refractivity contribution >= 4 is 5.97 Å². The summed E-state index contributed by atoms with van der Waals surface area (Å²) in [5.41, 5.74) is -0.162. The number of piperidine rings is 1. The third-order valence-electron chi connectivity index (χ3n) is 6.49. The van der Waals surface area contributed by atoms with E-state index in [0.29, 0.717) is 11.5 Å². The maximum atomic E-state index is 11.7. The van der Waals surface area contributed by atoms with Gasteiger partial charge in [0.15, 0.2) is 0 Å². The van der Waals surface area contributed by atoms with Crippen molar-refractivity contribution in [2.45, 2.75) is 76.8 Å². The highest BCUT2D eigenvalue weighted by atomic mass is 16.4. The maximum Gasteiger partial charge on any atom is 0.323 e. The van der Waals surface area contributed by atoms with Crippen molar-refractivity contribution < 1.29 is 9.90 Å². The number of likely N-dealkylation sites (N-methyl/N-ethyl adjacent to an activating group) is 1. The minimum Gasteiger partial charge on any atom is -0.480 e. The van der Waals surface area contributed by atoms with E-state index in [2.05, 4.69) is 24.1 Å². The van der Waals surface area contributed by atoms with Gasteiger partial charge in [-0.15, -0.1) is 0 Å². The lowest BCUT2D eigenvalue weighted by Crippen LogP contribution is -2.58. The van der Waals surface area contributed by atoms with E-state index in [-0.39, 0.29) is 0 Å². The van der Waals surface area contributed by atoms with Gasteiger partial charge in [0.25, 0.3) is 0 Å². The third kappa shape index (κ3) is 3.26. The average Bonchev–Trinajstić information content (AvgIpc) is 2.54. The minimum atomic E-state index is -0.701. The van der Waals surface area contributed by atoms with Crippen LogP contribution < -0.4 is 5.32 Å².